The first-order valence-electron chi connectivity index (χ1n) is 6.69. The van der Waals surface area contributed by atoms with E-state index in [2.05, 4.69) is 43.9 Å². The van der Waals surface area contributed by atoms with Gasteiger partial charge in [0.2, 0.25) is 0 Å². The van der Waals surface area contributed by atoms with E-state index in [1.165, 1.54) is 0 Å². The SMILES string of the molecule is CCc1nn(C)c(CC(O)c2ccc(Br)cc2OC)c1Br. The maximum Gasteiger partial charge on any atom is 0.125 e. The monoisotopic (exact) mass is 416 g/mol. The van der Waals surface area contributed by atoms with Gasteiger partial charge in [-0.3, -0.25) is 4.68 Å². The summed E-state index contributed by atoms with van der Waals surface area (Å²) in [5.74, 6) is 0.672. The summed E-state index contributed by atoms with van der Waals surface area (Å²) in [6, 6.07) is 5.63. The Balaban J connectivity index is 2.30. The molecule has 2 aromatic rings. The Morgan fingerprint density at radius 3 is 2.67 bits per heavy atom. The van der Waals surface area contributed by atoms with E-state index in [4.69, 9.17) is 4.74 Å². The van der Waals surface area contributed by atoms with Crippen molar-refractivity contribution in [2.75, 3.05) is 7.11 Å². The smallest absolute Gasteiger partial charge is 0.125 e. The molecule has 0 bridgehead atoms. The van der Waals surface area contributed by atoms with Gasteiger partial charge in [0.15, 0.2) is 0 Å². The summed E-state index contributed by atoms with van der Waals surface area (Å²) in [7, 11) is 3.50. The van der Waals surface area contributed by atoms with Crippen LogP contribution in [0.25, 0.3) is 0 Å². The van der Waals surface area contributed by atoms with Crippen molar-refractivity contribution in [3.05, 3.63) is 44.1 Å². The van der Waals surface area contributed by atoms with Crippen molar-refractivity contribution in [1.29, 1.82) is 0 Å². The Hall–Kier alpha value is -0.850. The Morgan fingerprint density at radius 1 is 1.38 bits per heavy atom. The lowest BCUT2D eigenvalue weighted by Gasteiger charge is -2.15. The summed E-state index contributed by atoms with van der Waals surface area (Å²) >= 11 is 6.98. The first kappa shape index (κ1) is 16.5. The molecule has 21 heavy (non-hydrogen) atoms. The van der Waals surface area contributed by atoms with Gasteiger partial charge in [0, 0.05) is 23.5 Å². The zero-order chi connectivity index (χ0) is 15.6. The zero-order valence-corrected chi connectivity index (χ0v) is 15.4. The number of methoxy groups -OCH3 is 1. The number of halogens is 2. The third-order valence-corrected chi connectivity index (χ3v) is 4.85. The van der Waals surface area contributed by atoms with E-state index >= 15 is 0 Å². The van der Waals surface area contributed by atoms with Gasteiger partial charge in [-0.25, -0.2) is 0 Å². The highest BCUT2D eigenvalue weighted by Crippen LogP contribution is 2.32. The Kier molecular flexibility index (Phi) is 5.46. The van der Waals surface area contributed by atoms with Gasteiger partial charge in [0.25, 0.3) is 0 Å². The van der Waals surface area contributed by atoms with Crippen molar-refractivity contribution in [2.45, 2.75) is 25.9 Å². The molecule has 0 fully saturated rings. The van der Waals surface area contributed by atoms with Crippen molar-refractivity contribution >= 4 is 31.9 Å². The van der Waals surface area contributed by atoms with Gasteiger partial charge in [0.1, 0.15) is 5.75 Å². The Labute approximate surface area is 141 Å². The van der Waals surface area contributed by atoms with Crippen LogP contribution in [-0.2, 0) is 19.9 Å². The van der Waals surface area contributed by atoms with Gasteiger partial charge in [0.05, 0.1) is 29.1 Å². The molecule has 0 aliphatic rings. The average Bonchev–Trinajstić information content (AvgIpc) is 2.74. The highest BCUT2D eigenvalue weighted by molar-refractivity contribution is 9.10. The van der Waals surface area contributed by atoms with Gasteiger partial charge in [-0.1, -0.05) is 28.9 Å². The van der Waals surface area contributed by atoms with Crippen molar-refractivity contribution in [1.82, 2.24) is 9.78 Å². The molecule has 0 aliphatic heterocycles. The molecular formula is C15H18Br2N2O2. The fourth-order valence-electron chi connectivity index (χ4n) is 2.29. The largest absolute Gasteiger partial charge is 0.496 e. The molecule has 2 rings (SSSR count). The summed E-state index contributed by atoms with van der Waals surface area (Å²) < 4.78 is 9.06. The molecule has 1 aromatic carbocycles. The predicted molar refractivity (Wildman–Crippen MR) is 89.6 cm³/mol. The van der Waals surface area contributed by atoms with Crippen molar-refractivity contribution in [3.8, 4) is 5.75 Å². The molecule has 6 heteroatoms. The number of hydrogen-bond donors (Lipinski definition) is 1. The minimum Gasteiger partial charge on any atom is -0.496 e. The van der Waals surface area contributed by atoms with Crippen LogP contribution in [0, 0.1) is 0 Å². The third-order valence-electron chi connectivity index (χ3n) is 3.44. The van der Waals surface area contributed by atoms with Crippen molar-refractivity contribution < 1.29 is 9.84 Å². The van der Waals surface area contributed by atoms with E-state index in [1.54, 1.807) is 7.11 Å². The molecule has 0 saturated heterocycles. The molecule has 1 N–H and O–H groups in total. The first-order chi connectivity index (χ1) is 9.97. The number of nitrogens with zero attached hydrogens (tertiary/aromatic N) is 2. The number of aryl methyl sites for hydroxylation is 2. The van der Waals surface area contributed by atoms with Gasteiger partial charge in [-0.2, -0.15) is 5.10 Å². The number of benzene rings is 1. The normalized spacial score (nSPS) is 12.5. The molecule has 1 heterocycles. The lowest BCUT2D eigenvalue weighted by Crippen LogP contribution is -2.08. The molecule has 114 valence electrons. The summed E-state index contributed by atoms with van der Waals surface area (Å²) in [6.07, 6.45) is 0.679. The van der Waals surface area contributed by atoms with Crippen molar-refractivity contribution in [3.63, 3.8) is 0 Å². The number of aliphatic hydroxyl groups is 1. The van der Waals surface area contributed by atoms with Gasteiger partial charge in [-0.15, -0.1) is 0 Å². The lowest BCUT2D eigenvalue weighted by atomic mass is 10.0. The Morgan fingerprint density at radius 2 is 2.10 bits per heavy atom. The van der Waals surface area contributed by atoms with E-state index in [0.717, 1.165) is 32.3 Å². The maximum atomic E-state index is 10.6. The van der Waals surface area contributed by atoms with Crippen LogP contribution in [-0.4, -0.2) is 22.0 Å². The summed E-state index contributed by atoms with van der Waals surface area (Å²) in [5, 5.41) is 15.0. The number of hydrogen-bond acceptors (Lipinski definition) is 3. The van der Waals surface area contributed by atoms with Crippen LogP contribution in [0.2, 0.25) is 0 Å². The fraction of sp³-hybridized carbons (Fsp3) is 0.400. The highest BCUT2D eigenvalue weighted by atomic mass is 79.9. The Bertz CT molecular complexity index is 641. The van der Waals surface area contributed by atoms with Crippen LogP contribution < -0.4 is 4.74 Å². The maximum absolute atomic E-state index is 10.6. The summed E-state index contributed by atoms with van der Waals surface area (Å²) in [5.41, 5.74) is 2.75. The van der Waals surface area contributed by atoms with Crippen LogP contribution >= 0.6 is 31.9 Å². The quantitative estimate of drug-likeness (QED) is 0.804. The summed E-state index contributed by atoms with van der Waals surface area (Å²) in [4.78, 5) is 0. The van der Waals surface area contributed by atoms with E-state index in [1.807, 2.05) is 29.9 Å². The molecule has 0 spiro atoms. The standard InChI is InChI=1S/C15H18Br2N2O2/c1-4-11-15(17)12(19(2)18-11)8-13(20)10-6-5-9(16)7-14(10)21-3/h5-7,13,20H,4,8H2,1-3H3. The highest BCUT2D eigenvalue weighted by Gasteiger charge is 2.20. The zero-order valence-electron chi connectivity index (χ0n) is 12.2. The number of rotatable bonds is 5. The first-order valence-corrected chi connectivity index (χ1v) is 8.28. The van der Waals surface area contributed by atoms with Crippen LogP contribution in [0.5, 0.6) is 5.75 Å². The number of aliphatic hydroxyl groups excluding tert-OH is 1. The molecule has 4 nitrogen and oxygen atoms in total. The molecule has 0 saturated carbocycles. The van der Waals surface area contributed by atoms with E-state index < -0.39 is 6.10 Å². The van der Waals surface area contributed by atoms with Gasteiger partial charge < -0.3 is 9.84 Å². The second-order valence-corrected chi connectivity index (χ2v) is 6.50. The number of ether oxygens (including phenoxy) is 1. The van der Waals surface area contributed by atoms with E-state index in [9.17, 15) is 5.11 Å². The minimum absolute atomic E-state index is 0.474. The molecular weight excluding hydrogens is 400 g/mol. The second-order valence-electron chi connectivity index (χ2n) is 4.79. The predicted octanol–water partition coefficient (Wildman–Crippen LogP) is 3.79. The van der Waals surface area contributed by atoms with Crippen LogP contribution in [0.4, 0.5) is 0 Å². The molecule has 1 aromatic heterocycles. The molecule has 0 amide bonds. The lowest BCUT2D eigenvalue weighted by molar-refractivity contribution is 0.171. The minimum atomic E-state index is -0.649. The molecule has 0 radical (unpaired) electrons. The molecule has 0 aliphatic carbocycles. The average molecular weight is 418 g/mol. The molecule has 1 atom stereocenters. The van der Waals surface area contributed by atoms with Crippen molar-refractivity contribution in [2.24, 2.45) is 7.05 Å². The van der Waals surface area contributed by atoms with Crippen LogP contribution in [0.3, 0.4) is 0 Å². The molecule has 1 unspecified atom stereocenters. The van der Waals surface area contributed by atoms with Gasteiger partial charge >= 0.3 is 0 Å². The van der Waals surface area contributed by atoms with Crippen LogP contribution in [0.15, 0.2) is 27.1 Å². The van der Waals surface area contributed by atoms with E-state index in [0.29, 0.717) is 12.2 Å². The number of aromatic nitrogens is 2. The van der Waals surface area contributed by atoms with Crippen LogP contribution in [0.1, 0.15) is 30.0 Å². The topological polar surface area (TPSA) is 47.3 Å². The fourth-order valence-corrected chi connectivity index (χ4v) is 3.41. The van der Waals surface area contributed by atoms with Gasteiger partial charge in [-0.05, 0) is 34.5 Å². The van der Waals surface area contributed by atoms with E-state index in [-0.39, 0.29) is 0 Å². The second kappa shape index (κ2) is 6.94. The summed E-state index contributed by atoms with van der Waals surface area (Å²) in [6.45, 7) is 2.06. The third kappa shape index (κ3) is 3.49.